The van der Waals surface area contributed by atoms with Crippen molar-refractivity contribution in [2.45, 2.75) is 26.5 Å². The third-order valence-corrected chi connectivity index (χ3v) is 4.00. The summed E-state index contributed by atoms with van der Waals surface area (Å²) in [5.41, 5.74) is 3.05. The molecule has 0 saturated carbocycles. The topological polar surface area (TPSA) is 24.4 Å². The van der Waals surface area contributed by atoms with Gasteiger partial charge in [-0.05, 0) is 18.1 Å². The number of hydrogen-bond donors (Lipinski definition) is 1. The van der Waals surface area contributed by atoms with E-state index in [1.807, 2.05) is 0 Å². The van der Waals surface area contributed by atoms with Crippen LogP contribution in [0.2, 0.25) is 0 Å². The van der Waals surface area contributed by atoms with E-state index in [1.54, 1.807) is 11.8 Å². The van der Waals surface area contributed by atoms with Crippen LogP contribution in [-0.2, 0) is 5.75 Å². The number of benzene rings is 1. The number of aliphatic imine (C=N–C) groups is 1. The van der Waals surface area contributed by atoms with E-state index in [1.165, 1.54) is 11.1 Å². The largest absolute Gasteiger partial charge is 0.364 e. The summed E-state index contributed by atoms with van der Waals surface area (Å²) in [7, 11) is 0. The third-order valence-electron chi connectivity index (χ3n) is 2.99. The van der Waals surface area contributed by atoms with Crippen molar-refractivity contribution < 1.29 is 0 Å². The maximum Gasteiger partial charge on any atom is 0.156 e. The normalized spacial score (nSPS) is 18.4. The van der Waals surface area contributed by atoms with Crippen LogP contribution in [0.3, 0.4) is 0 Å². The lowest BCUT2D eigenvalue weighted by molar-refractivity contribution is 0.364. The van der Waals surface area contributed by atoms with Gasteiger partial charge in [0.1, 0.15) is 0 Å². The third kappa shape index (κ3) is 3.50. The van der Waals surface area contributed by atoms with E-state index in [4.69, 9.17) is 0 Å². The van der Waals surface area contributed by atoms with Gasteiger partial charge in [0.25, 0.3) is 0 Å². The van der Waals surface area contributed by atoms with Crippen molar-refractivity contribution in [2.24, 2.45) is 10.4 Å². The fraction of sp³-hybridized carbons (Fsp3) is 0.500. The van der Waals surface area contributed by atoms with E-state index in [0.29, 0.717) is 5.41 Å². The molecule has 0 spiro atoms. The highest BCUT2D eigenvalue weighted by Crippen LogP contribution is 2.22. The Balaban J connectivity index is 1.92. The zero-order valence-electron chi connectivity index (χ0n) is 10.8. The molecule has 1 aromatic carbocycles. The minimum absolute atomic E-state index is 0.298. The van der Waals surface area contributed by atoms with E-state index in [-0.39, 0.29) is 0 Å². The molecule has 17 heavy (non-hydrogen) atoms. The number of rotatable bonds is 2. The number of amidine groups is 1. The molecule has 2 rings (SSSR count). The number of nitrogens with one attached hydrogen (secondary N) is 1. The van der Waals surface area contributed by atoms with E-state index < -0.39 is 0 Å². The summed E-state index contributed by atoms with van der Waals surface area (Å²) in [5.74, 6) is 0.999. The highest BCUT2D eigenvalue weighted by Gasteiger charge is 2.22. The fourth-order valence-corrected chi connectivity index (χ4v) is 2.67. The summed E-state index contributed by atoms with van der Waals surface area (Å²) in [5, 5.41) is 4.50. The van der Waals surface area contributed by atoms with Crippen LogP contribution in [0.4, 0.5) is 0 Å². The molecule has 1 aromatic rings. The summed E-state index contributed by atoms with van der Waals surface area (Å²) in [6, 6.07) is 8.54. The Kier molecular flexibility index (Phi) is 3.77. The summed E-state index contributed by atoms with van der Waals surface area (Å²) < 4.78 is 0. The molecule has 0 fully saturated rings. The van der Waals surface area contributed by atoms with E-state index >= 15 is 0 Å². The van der Waals surface area contributed by atoms with Crippen LogP contribution < -0.4 is 5.32 Å². The highest BCUT2D eigenvalue weighted by atomic mass is 32.2. The van der Waals surface area contributed by atoms with E-state index in [9.17, 15) is 0 Å². The van der Waals surface area contributed by atoms with Gasteiger partial charge in [-0.15, -0.1) is 0 Å². The van der Waals surface area contributed by atoms with Crippen LogP contribution >= 0.6 is 11.8 Å². The van der Waals surface area contributed by atoms with Crippen molar-refractivity contribution >= 4 is 16.9 Å². The van der Waals surface area contributed by atoms with Crippen LogP contribution in [0, 0.1) is 12.3 Å². The quantitative estimate of drug-likeness (QED) is 0.869. The van der Waals surface area contributed by atoms with Crippen molar-refractivity contribution in [3.8, 4) is 0 Å². The second-order valence-electron chi connectivity index (χ2n) is 5.35. The van der Waals surface area contributed by atoms with Gasteiger partial charge in [-0.25, -0.2) is 0 Å². The molecule has 1 aliphatic rings. The molecular formula is C14H20N2S. The average Bonchev–Trinajstić information content (AvgIpc) is 2.30. The molecule has 0 amide bonds. The second kappa shape index (κ2) is 5.13. The molecule has 0 bridgehead atoms. The van der Waals surface area contributed by atoms with Crippen molar-refractivity contribution in [2.75, 3.05) is 13.1 Å². The maximum absolute atomic E-state index is 4.60. The smallest absolute Gasteiger partial charge is 0.156 e. The molecule has 3 heteroatoms. The summed E-state index contributed by atoms with van der Waals surface area (Å²) >= 11 is 1.80. The van der Waals surface area contributed by atoms with Gasteiger partial charge in [-0.1, -0.05) is 49.9 Å². The molecular weight excluding hydrogens is 228 g/mol. The van der Waals surface area contributed by atoms with Gasteiger partial charge < -0.3 is 5.32 Å². The molecule has 0 radical (unpaired) electrons. The van der Waals surface area contributed by atoms with Crippen LogP contribution in [0.5, 0.6) is 0 Å². The summed E-state index contributed by atoms with van der Waals surface area (Å²) in [6.45, 7) is 8.59. The maximum atomic E-state index is 4.60. The van der Waals surface area contributed by atoms with Gasteiger partial charge in [-0.2, -0.15) is 0 Å². The molecule has 0 aromatic heterocycles. The predicted molar refractivity (Wildman–Crippen MR) is 76.6 cm³/mol. The fourth-order valence-electron chi connectivity index (χ4n) is 1.73. The Hall–Kier alpha value is -0.960. The molecule has 0 aliphatic carbocycles. The number of thioether (sulfide) groups is 1. The Bertz CT molecular complexity index is 424. The van der Waals surface area contributed by atoms with Crippen molar-refractivity contribution in [3.05, 3.63) is 35.4 Å². The first-order chi connectivity index (χ1) is 8.07. The molecule has 0 unspecified atom stereocenters. The van der Waals surface area contributed by atoms with E-state index in [2.05, 4.69) is 55.3 Å². The van der Waals surface area contributed by atoms with Gasteiger partial charge in [0.15, 0.2) is 5.17 Å². The lowest BCUT2D eigenvalue weighted by atomic mass is 9.93. The first-order valence-corrected chi connectivity index (χ1v) is 7.01. The summed E-state index contributed by atoms with van der Waals surface area (Å²) in [6.07, 6.45) is 0. The van der Waals surface area contributed by atoms with Gasteiger partial charge >= 0.3 is 0 Å². The Morgan fingerprint density at radius 3 is 2.76 bits per heavy atom. The molecule has 1 heterocycles. The molecule has 1 aliphatic heterocycles. The monoisotopic (exact) mass is 248 g/mol. The average molecular weight is 248 g/mol. The first kappa shape index (κ1) is 12.5. The number of hydrogen-bond acceptors (Lipinski definition) is 3. The van der Waals surface area contributed by atoms with Gasteiger partial charge in [0.2, 0.25) is 0 Å². The minimum atomic E-state index is 0.298. The SMILES string of the molecule is Cc1ccccc1CSC1=NCC(C)(C)CN1. The number of nitrogens with zero attached hydrogens (tertiary/aromatic N) is 1. The molecule has 0 saturated heterocycles. The second-order valence-corrected chi connectivity index (χ2v) is 6.32. The lowest BCUT2D eigenvalue weighted by Gasteiger charge is -2.28. The summed E-state index contributed by atoms with van der Waals surface area (Å²) in [4.78, 5) is 4.60. The van der Waals surface area contributed by atoms with Crippen molar-refractivity contribution in [1.82, 2.24) is 5.32 Å². The zero-order chi connectivity index (χ0) is 12.3. The standard InChI is InChI=1S/C14H20N2S/c1-11-6-4-5-7-12(11)8-17-13-15-9-14(2,3)10-16-13/h4-7H,8-10H2,1-3H3,(H,15,16). The van der Waals surface area contributed by atoms with Gasteiger partial charge in [-0.3, -0.25) is 4.99 Å². The first-order valence-electron chi connectivity index (χ1n) is 6.02. The molecule has 92 valence electrons. The van der Waals surface area contributed by atoms with Crippen LogP contribution in [-0.4, -0.2) is 18.3 Å². The van der Waals surface area contributed by atoms with Crippen molar-refractivity contribution in [1.29, 1.82) is 0 Å². The Morgan fingerprint density at radius 2 is 2.12 bits per heavy atom. The van der Waals surface area contributed by atoms with Crippen molar-refractivity contribution in [3.63, 3.8) is 0 Å². The molecule has 1 N–H and O–H groups in total. The highest BCUT2D eigenvalue weighted by molar-refractivity contribution is 8.13. The Morgan fingerprint density at radius 1 is 1.35 bits per heavy atom. The van der Waals surface area contributed by atoms with Gasteiger partial charge in [0.05, 0.1) is 0 Å². The molecule has 2 nitrogen and oxygen atoms in total. The van der Waals surface area contributed by atoms with E-state index in [0.717, 1.165) is 24.0 Å². The van der Waals surface area contributed by atoms with Crippen LogP contribution in [0.25, 0.3) is 0 Å². The van der Waals surface area contributed by atoms with Crippen LogP contribution in [0.1, 0.15) is 25.0 Å². The molecule has 0 atom stereocenters. The number of aryl methyl sites for hydroxylation is 1. The van der Waals surface area contributed by atoms with Crippen LogP contribution in [0.15, 0.2) is 29.3 Å². The zero-order valence-corrected chi connectivity index (χ0v) is 11.6. The lowest BCUT2D eigenvalue weighted by Crippen LogP contribution is -2.39. The minimum Gasteiger partial charge on any atom is -0.364 e. The Labute approximate surface area is 108 Å². The predicted octanol–water partition coefficient (Wildman–Crippen LogP) is 3.21. The van der Waals surface area contributed by atoms with Gasteiger partial charge in [0, 0.05) is 24.3 Å².